The van der Waals surface area contributed by atoms with Crippen LogP contribution in [0.3, 0.4) is 0 Å². The average molecular weight is 321 g/mol. The summed E-state index contributed by atoms with van der Waals surface area (Å²) in [6, 6.07) is 9.76. The molecule has 0 saturated heterocycles. The highest BCUT2D eigenvalue weighted by Crippen LogP contribution is 2.22. The SMILES string of the molecule is COCc1cc(CNC(C)c2ccc(OC)c(F)c2)ccc1F. The van der Waals surface area contributed by atoms with Crippen LogP contribution in [-0.2, 0) is 17.9 Å². The number of hydrogen-bond acceptors (Lipinski definition) is 3. The van der Waals surface area contributed by atoms with Crippen molar-refractivity contribution in [2.75, 3.05) is 14.2 Å². The van der Waals surface area contributed by atoms with Crippen LogP contribution in [0, 0.1) is 11.6 Å². The molecule has 3 nitrogen and oxygen atoms in total. The van der Waals surface area contributed by atoms with Crippen LogP contribution in [0.4, 0.5) is 8.78 Å². The van der Waals surface area contributed by atoms with Gasteiger partial charge in [0.1, 0.15) is 5.82 Å². The summed E-state index contributed by atoms with van der Waals surface area (Å²) in [6.07, 6.45) is 0. The molecule has 0 saturated carbocycles. The molecular formula is C18H21F2NO2. The second-order valence-corrected chi connectivity index (χ2v) is 5.36. The average Bonchev–Trinajstić information content (AvgIpc) is 2.55. The largest absolute Gasteiger partial charge is 0.494 e. The zero-order chi connectivity index (χ0) is 16.8. The van der Waals surface area contributed by atoms with Gasteiger partial charge in [-0.15, -0.1) is 0 Å². The summed E-state index contributed by atoms with van der Waals surface area (Å²) in [5, 5.41) is 3.30. The van der Waals surface area contributed by atoms with Gasteiger partial charge in [0.25, 0.3) is 0 Å². The van der Waals surface area contributed by atoms with Crippen molar-refractivity contribution in [2.45, 2.75) is 26.1 Å². The Bertz CT molecular complexity index is 661. The molecule has 0 aliphatic rings. The smallest absolute Gasteiger partial charge is 0.165 e. The predicted octanol–water partition coefficient (Wildman–Crippen LogP) is 3.97. The van der Waals surface area contributed by atoms with Crippen molar-refractivity contribution in [1.82, 2.24) is 5.32 Å². The van der Waals surface area contributed by atoms with E-state index in [2.05, 4.69) is 5.32 Å². The first kappa shape index (κ1) is 17.4. The second-order valence-electron chi connectivity index (χ2n) is 5.36. The summed E-state index contributed by atoms with van der Waals surface area (Å²) in [6.45, 7) is 2.73. The monoisotopic (exact) mass is 321 g/mol. The molecule has 1 unspecified atom stereocenters. The topological polar surface area (TPSA) is 30.5 Å². The summed E-state index contributed by atoms with van der Waals surface area (Å²) < 4.78 is 37.2. The van der Waals surface area contributed by atoms with Crippen LogP contribution in [0.1, 0.15) is 29.7 Å². The molecule has 0 amide bonds. The Balaban J connectivity index is 2.02. The molecule has 124 valence electrons. The van der Waals surface area contributed by atoms with E-state index < -0.39 is 0 Å². The van der Waals surface area contributed by atoms with Gasteiger partial charge in [-0.25, -0.2) is 8.78 Å². The van der Waals surface area contributed by atoms with Gasteiger partial charge in [0, 0.05) is 25.3 Å². The van der Waals surface area contributed by atoms with Crippen molar-refractivity contribution in [3.63, 3.8) is 0 Å². The van der Waals surface area contributed by atoms with Gasteiger partial charge >= 0.3 is 0 Å². The third-order valence-corrected chi connectivity index (χ3v) is 3.70. The molecule has 23 heavy (non-hydrogen) atoms. The van der Waals surface area contributed by atoms with Gasteiger partial charge in [-0.3, -0.25) is 0 Å². The Morgan fingerprint density at radius 1 is 1.04 bits per heavy atom. The number of nitrogens with one attached hydrogen (secondary N) is 1. The normalized spacial score (nSPS) is 12.2. The maximum atomic E-state index is 13.7. The fourth-order valence-corrected chi connectivity index (χ4v) is 2.34. The van der Waals surface area contributed by atoms with Gasteiger partial charge in [-0.1, -0.05) is 12.1 Å². The molecule has 1 atom stereocenters. The van der Waals surface area contributed by atoms with Gasteiger partial charge in [-0.05, 0) is 42.3 Å². The zero-order valence-electron chi connectivity index (χ0n) is 13.5. The predicted molar refractivity (Wildman–Crippen MR) is 85.3 cm³/mol. The molecule has 0 spiro atoms. The first-order valence-electron chi connectivity index (χ1n) is 7.38. The minimum atomic E-state index is -0.386. The Kier molecular flexibility index (Phi) is 6.07. The first-order valence-corrected chi connectivity index (χ1v) is 7.38. The van der Waals surface area contributed by atoms with E-state index in [4.69, 9.17) is 9.47 Å². The maximum absolute atomic E-state index is 13.7. The van der Waals surface area contributed by atoms with Gasteiger partial charge in [0.15, 0.2) is 11.6 Å². The highest BCUT2D eigenvalue weighted by atomic mass is 19.1. The van der Waals surface area contributed by atoms with Crippen LogP contribution in [0.25, 0.3) is 0 Å². The summed E-state index contributed by atoms with van der Waals surface area (Å²) in [5.74, 6) is -0.438. The number of benzene rings is 2. The Hall–Kier alpha value is -1.98. The molecular weight excluding hydrogens is 300 g/mol. The number of halogens is 2. The summed E-state index contributed by atoms with van der Waals surface area (Å²) in [7, 11) is 2.97. The van der Waals surface area contributed by atoms with Crippen LogP contribution in [0.5, 0.6) is 5.75 Å². The van der Waals surface area contributed by atoms with E-state index in [1.54, 1.807) is 18.2 Å². The maximum Gasteiger partial charge on any atom is 0.165 e. The van der Waals surface area contributed by atoms with Crippen molar-refractivity contribution in [3.8, 4) is 5.75 Å². The molecule has 2 aromatic rings. The van der Waals surface area contributed by atoms with E-state index in [9.17, 15) is 8.78 Å². The zero-order valence-corrected chi connectivity index (χ0v) is 13.5. The van der Waals surface area contributed by atoms with E-state index in [1.165, 1.54) is 26.4 Å². The van der Waals surface area contributed by atoms with Crippen molar-refractivity contribution < 1.29 is 18.3 Å². The third kappa shape index (κ3) is 4.50. The Labute approximate surface area is 135 Å². The third-order valence-electron chi connectivity index (χ3n) is 3.70. The van der Waals surface area contributed by atoms with Gasteiger partial charge in [-0.2, -0.15) is 0 Å². The molecule has 0 aliphatic heterocycles. The van der Waals surface area contributed by atoms with E-state index in [0.29, 0.717) is 12.1 Å². The van der Waals surface area contributed by atoms with Crippen LogP contribution in [-0.4, -0.2) is 14.2 Å². The number of methoxy groups -OCH3 is 2. The minimum absolute atomic E-state index is 0.0497. The van der Waals surface area contributed by atoms with Crippen LogP contribution >= 0.6 is 0 Å². The summed E-state index contributed by atoms with van der Waals surface area (Å²) in [4.78, 5) is 0. The number of hydrogen-bond donors (Lipinski definition) is 1. The second kappa shape index (κ2) is 8.04. The molecule has 0 aromatic heterocycles. The molecule has 5 heteroatoms. The molecule has 0 radical (unpaired) electrons. The first-order chi connectivity index (χ1) is 11.0. The Morgan fingerprint density at radius 3 is 2.48 bits per heavy atom. The van der Waals surface area contributed by atoms with Crippen molar-refractivity contribution >= 4 is 0 Å². The quantitative estimate of drug-likeness (QED) is 0.837. The molecule has 2 aromatic carbocycles. The van der Waals surface area contributed by atoms with E-state index in [1.807, 2.05) is 13.0 Å². The highest BCUT2D eigenvalue weighted by molar-refractivity contribution is 5.31. The van der Waals surface area contributed by atoms with Crippen LogP contribution in [0.2, 0.25) is 0 Å². The molecule has 0 bridgehead atoms. The van der Waals surface area contributed by atoms with Crippen molar-refractivity contribution in [3.05, 3.63) is 64.7 Å². The standard InChI is InChI=1S/C18H21F2NO2/c1-12(14-5-7-18(23-3)17(20)9-14)21-10-13-4-6-16(19)15(8-13)11-22-2/h4-9,12,21H,10-11H2,1-3H3. The van der Waals surface area contributed by atoms with Crippen LogP contribution in [0.15, 0.2) is 36.4 Å². The number of ether oxygens (including phenoxy) is 2. The Morgan fingerprint density at radius 2 is 1.83 bits per heavy atom. The lowest BCUT2D eigenvalue weighted by Crippen LogP contribution is -2.18. The summed E-state index contributed by atoms with van der Waals surface area (Å²) in [5.41, 5.74) is 2.29. The molecule has 0 aliphatic carbocycles. The van der Waals surface area contributed by atoms with E-state index >= 15 is 0 Å². The summed E-state index contributed by atoms with van der Waals surface area (Å²) >= 11 is 0. The van der Waals surface area contributed by atoms with Gasteiger partial charge in [0.05, 0.1) is 13.7 Å². The number of rotatable bonds is 7. The molecule has 1 N–H and O–H groups in total. The molecule has 2 rings (SSSR count). The fourth-order valence-electron chi connectivity index (χ4n) is 2.34. The molecule has 0 heterocycles. The van der Waals surface area contributed by atoms with Crippen molar-refractivity contribution in [1.29, 1.82) is 0 Å². The lowest BCUT2D eigenvalue weighted by atomic mass is 10.1. The lowest BCUT2D eigenvalue weighted by Gasteiger charge is -2.16. The minimum Gasteiger partial charge on any atom is -0.494 e. The van der Waals surface area contributed by atoms with E-state index in [-0.39, 0.29) is 30.0 Å². The fraction of sp³-hybridized carbons (Fsp3) is 0.333. The van der Waals surface area contributed by atoms with Gasteiger partial charge in [0.2, 0.25) is 0 Å². The van der Waals surface area contributed by atoms with Gasteiger partial charge < -0.3 is 14.8 Å². The van der Waals surface area contributed by atoms with Crippen molar-refractivity contribution in [2.24, 2.45) is 0 Å². The van der Waals surface area contributed by atoms with E-state index in [0.717, 1.165) is 11.1 Å². The lowest BCUT2D eigenvalue weighted by molar-refractivity contribution is 0.181. The molecule has 0 fully saturated rings. The highest BCUT2D eigenvalue weighted by Gasteiger charge is 2.10. The van der Waals surface area contributed by atoms with Crippen LogP contribution < -0.4 is 10.1 Å².